The summed E-state index contributed by atoms with van der Waals surface area (Å²) in [6.07, 6.45) is 0. The molecule has 0 bridgehead atoms. The van der Waals surface area contributed by atoms with E-state index < -0.39 is 0 Å². The summed E-state index contributed by atoms with van der Waals surface area (Å²) in [7, 11) is 0. The molecule has 0 unspecified atom stereocenters. The van der Waals surface area contributed by atoms with Gasteiger partial charge in [0.05, 0.1) is 6.61 Å². The van der Waals surface area contributed by atoms with Gasteiger partial charge in [0, 0.05) is 19.7 Å². The molecule has 2 aromatic rings. The third kappa shape index (κ3) is 4.51. The van der Waals surface area contributed by atoms with Crippen molar-refractivity contribution in [3.05, 3.63) is 60.2 Å². The fraction of sp³-hybridized carbons (Fsp3) is 0.294. The molecular weight excluding hydrogens is 234 g/mol. The van der Waals surface area contributed by atoms with E-state index in [1.165, 1.54) is 16.7 Å². The minimum atomic E-state index is 0.776. The standard InChI is InChI=1S/C17H21NO/c1-2-19-13-12-18-14-15-8-10-17(11-9-15)16-6-4-3-5-7-16/h3-11,18H,2,12-14H2,1H3. The Morgan fingerprint density at radius 1 is 0.895 bits per heavy atom. The van der Waals surface area contributed by atoms with Gasteiger partial charge in [-0.05, 0) is 23.6 Å². The first-order chi connectivity index (χ1) is 9.40. The van der Waals surface area contributed by atoms with E-state index in [-0.39, 0.29) is 0 Å². The van der Waals surface area contributed by atoms with E-state index in [2.05, 4.69) is 53.8 Å². The molecule has 0 heterocycles. The summed E-state index contributed by atoms with van der Waals surface area (Å²) < 4.78 is 5.29. The molecular formula is C17H21NO. The zero-order chi connectivity index (χ0) is 13.3. The van der Waals surface area contributed by atoms with Crippen molar-refractivity contribution in [2.24, 2.45) is 0 Å². The van der Waals surface area contributed by atoms with Crippen molar-refractivity contribution in [2.45, 2.75) is 13.5 Å². The molecule has 1 N–H and O–H groups in total. The third-order valence-corrected chi connectivity index (χ3v) is 3.02. The van der Waals surface area contributed by atoms with E-state index in [1.807, 2.05) is 13.0 Å². The predicted molar refractivity (Wildman–Crippen MR) is 80.1 cm³/mol. The molecule has 0 aliphatic heterocycles. The van der Waals surface area contributed by atoms with Gasteiger partial charge < -0.3 is 10.1 Å². The Morgan fingerprint density at radius 2 is 1.58 bits per heavy atom. The molecule has 0 saturated carbocycles. The first-order valence-corrected chi connectivity index (χ1v) is 6.83. The Hall–Kier alpha value is -1.64. The van der Waals surface area contributed by atoms with Crippen LogP contribution < -0.4 is 5.32 Å². The van der Waals surface area contributed by atoms with Crippen molar-refractivity contribution in [3.8, 4) is 11.1 Å². The molecule has 0 saturated heterocycles. The number of hydrogen-bond acceptors (Lipinski definition) is 2. The molecule has 0 atom stereocenters. The molecule has 2 rings (SSSR count). The highest BCUT2D eigenvalue weighted by Gasteiger charge is 1.97. The lowest BCUT2D eigenvalue weighted by molar-refractivity contribution is 0.149. The smallest absolute Gasteiger partial charge is 0.0590 e. The fourth-order valence-corrected chi connectivity index (χ4v) is 1.97. The zero-order valence-corrected chi connectivity index (χ0v) is 11.4. The summed E-state index contributed by atoms with van der Waals surface area (Å²) in [6, 6.07) is 19.2. The Bertz CT molecular complexity index is 464. The molecule has 0 aliphatic carbocycles. The van der Waals surface area contributed by atoms with Crippen molar-refractivity contribution in [2.75, 3.05) is 19.8 Å². The second-order valence-corrected chi connectivity index (χ2v) is 4.44. The fourth-order valence-electron chi connectivity index (χ4n) is 1.97. The maximum atomic E-state index is 5.29. The second-order valence-electron chi connectivity index (χ2n) is 4.44. The van der Waals surface area contributed by atoms with E-state index in [0.717, 1.165) is 26.3 Å². The van der Waals surface area contributed by atoms with Crippen molar-refractivity contribution < 1.29 is 4.74 Å². The van der Waals surface area contributed by atoms with Crippen molar-refractivity contribution in [3.63, 3.8) is 0 Å². The summed E-state index contributed by atoms with van der Waals surface area (Å²) >= 11 is 0. The van der Waals surface area contributed by atoms with Crippen molar-refractivity contribution in [1.82, 2.24) is 5.32 Å². The minimum Gasteiger partial charge on any atom is -0.380 e. The van der Waals surface area contributed by atoms with Gasteiger partial charge in [0.2, 0.25) is 0 Å². The number of benzene rings is 2. The van der Waals surface area contributed by atoms with Gasteiger partial charge in [-0.25, -0.2) is 0 Å². The Labute approximate surface area is 115 Å². The van der Waals surface area contributed by atoms with E-state index >= 15 is 0 Å². The highest BCUT2D eigenvalue weighted by atomic mass is 16.5. The quantitative estimate of drug-likeness (QED) is 0.765. The van der Waals surface area contributed by atoms with Gasteiger partial charge in [-0.3, -0.25) is 0 Å². The lowest BCUT2D eigenvalue weighted by Crippen LogP contribution is -2.19. The highest BCUT2D eigenvalue weighted by Crippen LogP contribution is 2.18. The van der Waals surface area contributed by atoms with Gasteiger partial charge in [-0.1, -0.05) is 54.6 Å². The minimum absolute atomic E-state index is 0.776. The SMILES string of the molecule is CCOCCNCc1ccc(-c2ccccc2)cc1. The van der Waals surface area contributed by atoms with Crippen LogP contribution in [0.25, 0.3) is 11.1 Å². The monoisotopic (exact) mass is 255 g/mol. The van der Waals surface area contributed by atoms with Gasteiger partial charge in [-0.15, -0.1) is 0 Å². The van der Waals surface area contributed by atoms with Crippen LogP contribution >= 0.6 is 0 Å². The van der Waals surface area contributed by atoms with Crippen LogP contribution in [0.5, 0.6) is 0 Å². The first kappa shape index (κ1) is 13.8. The van der Waals surface area contributed by atoms with E-state index in [9.17, 15) is 0 Å². The molecule has 0 spiro atoms. The zero-order valence-electron chi connectivity index (χ0n) is 11.4. The Kier molecular flexibility index (Phi) is 5.60. The highest BCUT2D eigenvalue weighted by molar-refractivity contribution is 5.63. The van der Waals surface area contributed by atoms with Gasteiger partial charge >= 0.3 is 0 Å². The molecule has 0 radical (unpaired) electrons. The van der Waals surface area contributed by atoms with Crippen LogP contribution in [-0.2, 0) is 11.3 Å². The van der Waals surface area contributed by atoms with Crippen LogP contribution in [0.2, 0.25) is 0 Å². The molecule has 0 fully saturated rings. The van der Waals surface area contributed by atoms with E-state index in [4.69, 9.17) is 4.74 Å². The maximum Gasteiger partial charge on any atom is 0.0590 e. The number of rotatable bonds is 7. The summed E-state index contributed by atoms with van der Waals surface area (Å²) in [5.74, 6) is 0. The Morgan fingerprint density at radius 3 is 2.26 bits per heavy atom. The molecule has 0 amide bonds. The van der Waals surface area contributed by atoms with Gasteiger partial charge in [0.1, 0.15) is 0 Å². The summed E-state index contributed by atoms with van der Waals surface area (Å²) in [5, 5.41) is 3.37. The number of hydrogen-bond donors (Lipinski definition) is 1. The average Bonchev–Trinajstić information content (AvgIpc) is 2.49. The van der Waals surface area contributed by atoms with Crippen LogP contribution in [0.15, 0.2) is 54.6 Å². The normalized spacial score (nSPS) is 10.6. The van der Waals surface area contributed by atoms with E-state index in [1.54, 1.807) is 0 Å². The van der Waals surface area contributed by atoms with Crippen LogP contribution in [0, 0.1) is 0 Å². The van der Waals surface area contributed by atoms with Gasteiger partial charge in [-0.2, -0.15) is 0 Å². The van der Waals surface area contributed by atoms with E-state index in [0.29, 0.717) is 0 Å². The van der Waals surface area contributed by atoms with Crippen LogP contribution in [0.1, 0.15) is 12.5 Å². The number of nitrogens with one attached hydrogen (secondary N) is 1. The van der Waals surface area contributed by atoms with Crippen molar-refractivity contribution >= 4 is 0 Å². The summed E-state index contributed by atoms with van der Waals surface area (Å²) in [4.78, 5) is 0. The molecule has 100 valence electrons. The average molecular weight is 255 g/mol. The lowest BCUT2D eigenvalue weighted by Gasteiger charge is -2.06. The molecule has 2 heteroatoms. The molecule has 0 aromatic heterocycles. The first-order valence-electron chi connectivity index (χ1n) is 6.83. The topological polar surface area (TPSA) is 21.3 Å². The predicted octanol–water partition coefficient (Wildman–Crippen LogP) is 3.48. The van der Waals surface area contributed by atoms with Crippen LogP contribution in [-0.4, -0.2) is 19.8 Å². The maximum absolute atomic E-state index is 5.29. The molecule has 19 heavy (non-hydrogen) atoms. The largest absolute Gasteiger partial charge is 0.380 e. The second kappa shape index (κ2) is 7.72. The van der Waals surface area contributed by atoms with Gasteiger partial charge in [0.15, 0.2) is 0 Å². The third-order valence-electron chi connectivity index (χ3n) is 3.02. The lowest BCUT2D eigenvalue weighted by atomic mass is 10.0. The van der Waals surface area contributed by atoms with Gasteiger partial charge in [0.25, 0.3) is 0 Å². The Balaban J connectivity index is 1.85. The summed E-state index contributed by atoms with van der Waals surface area (Å²) in [5.41, 5.74) is 3.83. The number of ether oxygens (including phenoxy) is 1. The van der Waals surface area contributed by atoms with Crippen molar-refractivity contribution in [1.29, 1.82) is 0 Å². The van der Waals surface area contributed by atoms with Crippen LogP contribution in [0.4, 0.5) is 0 Å². The molecule has 2 nitrogen and oxygen atoms in total. The molecule has 2 aromatic carbocycles. The molecule has 0 aliphatic rings. The van der Waals surface area contributed by atoms with Crippen LogP contribution in [0.3, 0.4) is 0 Å². The summed E-state index contributed by atoms with van der Waals surface area (Å²) in [6.45, 7) is 5.37.